The maximum absolute atomic E-state index is 14.1. The van der Waals surface area contributed by atoms with E-state index in [2.05, 4.69) is 10.3 Å². The Bertz CT molecular complexity index is 1830. The highest BCUT2D eigenvalue weighted by Crippen LogP contribution is 2.26. The molecule has 1 N–H and O–H groups in total. The molecule has 0 bridgehead atoms. The SMILES string of the molecule is Cc1nc2c(OCc3c(F)cccc3F)cccn2c1C(=O)CC(CNC(=O)OCc1ccccc1)COc1ccc(F)c(F)c1. The third kappa shape index (κ3) is 7.81. The number of halogens is 4. The van der Waals surface area contributed by atoms with Crippen molar-refractivity contribution in [3.63, 3.8) is 0 Å². The number of aromatic nitrogens is 2. The molecule has 0 aliphatic rings. The monoisotopic (exact) mass is 635 g/mol. The number of alkyl carbamates (subject to hydrolysis) is 1. The van der Waals surface area contributed by atoms with Crippen LogP contribution < -0.4 is 14.8 Å². The number of ketones is 1. The Morgan fingerprint density at radius 1 is 0.848 bits per heavy atom. The summed E-state index contributed by atoms with van der Waals surface area (Å²) in [6.45, 7) is 1.10. The quantitative estimate of drug-likeness (QED) is 0.111. The number of amides is 1. The fourth-order valence-corrected chi connectivity index (χ4v) is 4.76. The number of hydrogen-bond acceptors (Lipinski definition) is 6. The molecular formula is C34H29F4N3O5. The number of aryl methyl sites for hydroxylation is 1. The summed E-state index contributed by atoms with van der Waals surface area (Å²) >= 11 is 0. The van der Waals surface area contributed by atoms with Gasteiger partial charge in [-0.3, -0.25) is 9.20 Å². The molecule has 1 amide bonds. The molecule has 5 rings (SSSR count). The average molecular weight is 636 g/mol. The van der Waals surface area contributed by atoms with Crippen LogP contribution in [0, 0.1) is 36.1 Å². The number of Topliss-reactive ketones (excluding diaryl/α,β-unsaturated/α-hetero) is 1. The zero-order valence-corrected chi connectivity index (χ0v) is 24.6. The maximum atomic E-state index is 14.1. The lowest BCUT2D eigenvalue weighted by Gasteiger charge is -2.18. The van der Waals surface area contributed by atoms with Crippen LogP contribution in [-0.4, -0.2) is 34.4 Å². The number of hydrogen-bond donors (Lipinski definition) is 1. The van der Waals surface area contributed by atoms with E-state index in [1.54, 1.807) is 37.4 Å². The summed E-state index contributed by atoms with van der Waals surface area (Å²) in [5.41, 5.74) is 1.40. The van der Waals surface area contributed by atoms with E-state index < -0.39 is 41.9 Å². The summed E-state index contributed by atoms with van der Waals surface area (Å²) in [4.78, 5) is 30.6. The van der Waals surface area contributed by atoms with Crippen LogP contribution in [-0.2, 0) is 18.0 Å². The molecule has 0 saturated carbocycles. The van der Waals surface area contributed by atoms with Gasteiger partial charge in [0.25, 0.3) is 0 Å². The van der Waals surface area contributed by atoms with Gasteiger partial charge >= 0.3 is 6.09 Å². The molecule has 2 aromatic heterocycles. The van der Waals surface area contributed by atoms with Crippen LogP contribution in [0.2, 0.25) is 0 Å². The van der Waals surface area contributed by atoms with E-state index in [1.165, 1.54) is 16.5 Å². The molecule has 12 heteroatoms. The Morgan fingerprint density at radius 2 is 1.61 bits per heavy atom. The van der Waals surface area contributed by atoms with Crippen molar-refractivity contribution in [3.05, 3.63) is 131 Å². The van der Waals surface area contributed by atoms with Crippen molar-refractivity contribution >= 4 is 17.5 Å². The first-order chi connectivity index (χ1) is 22.2. The number of imidazole rings is 1. The number of nitrogens with zero attached hydrogens (tertiary/aromatic N) is 2. The minimum Gasteiger partial charge on any atom is -0.493 e. The molecule has 0 spiro atoms. The number of carbonyl (C=O) groups is 2. The molecule has 0 aliphatic carbocycles. The molecule has 8 nitrogen and oxygen atoms in total. The predicted molar refractivity (Wildman–Crippen MR) is 160 cm³/mol. The highest BCUT2D eigenvalue weighted by atomic mass is 19.2. The summed E-state index contributed by atoms with van der Waals surface area (Å²) in [6, 6.07) is 18.8. The van der Waals surface area contributed by atoms with Crippen molar-refractivity contribution in [2.24, 2.45) is 5.92 Å². The van der Waals surface area contributed by atoms with Crippen LogP contribution in [0.1, 0.15) is 33.7 Å². The van der Waals surface area contributed by atoms with Crippen LogP contribution in [0.4, 0.5) is 22.4 Å². The van der Waals surface area contributed by atoms with Crippen LogP contribution in [0.25, 0.3) is 5.65 Å². The molecule has 2 heterocycles. The topological polar surface area (TPSA) is 91.2 Å². The number of carbonyl (C=O) groups excluding carboxylic acids is 2. The summed E-state index contributed by atoms with van der Waals surface area (Å²) < 4.78 is 73.6. The molecule has 0 saturated heterocycles. The second-order valence-electron chi connectivity index (χ2n) is 10.4. The van der Waals surface area contributed by atoms with Crippen molar-refractivity contribution in [1.29, 1.82) is 0 Å². The molecule has 1 atom stereocenters. The standard InChI is InChI=1S/C34H29F4N3O5/c1-21-32(41-14-6-11-31(33(41)40-21)45-20-25-26(35)9-5-10-27(25)36)30(42)15-23(19-44-24-12-13-28(37)29(38)16-24)17-39-34(43)46-18-22-7-3-2-4-8-22/h2-14,16,23H,15,17-20H2,1H3,(H,39,43). The Balaban J connectivity index is 1.31. The number of rotatable bonds is 13. The van der Waals surface area contributed by atoms with Crippen molar-refractivity contribution < 1.29 is 41.4 Å². The Kier molecular flexibility index (Phi) is 10.2. The lowest BCUT2D eigenvalue weighted by molar-refractivity contribution is 0.0929. The zero-order valence-electron chi connectivity index (χ0n) is 24.6. The minimum atomic E-state index is -1.09. The van der Waals surface area contributed by atoms with Crippen LogP contribution >= 0.6 is 0 Å². The lowest BCUT2D eigenvalue weighted by Crippen LogP contribution is -2.33. The van der Waals surface area contributed by atoms with Crippen LogP contribution in [0.5, 0.6) is 11.5 Å². The van der Waals surface area contributed by atoms with Gasteiger partial charge in [-0.25, -0.2) is 27.3 Å². The summed E-state index contributed by atoms with van der Waals surface area (Å²) in [5, 5.41) is 2.63. The molecule has 46 heavy (non-hydrogen) atoms. The third-order valence-corrected chi connectivity index (χ3v) is 7.09. The predicted octanol–water partition coefficient (Wildman–Crippen LogP) is 6.97. The largest absolute Gasteiger partial charge is 0.493 e. The average Bonchev–Trinajstić information content (AvgIpc) is 3.39. The number of nitrogens with one attached hydrogen (secondary N) is 1. The zero-order chi connectivity index (χ0) is 32.6. The third-order valence-electron chi connectivity index (χ3n) is 7.09. The van der Waals surface area contributed by atoms with Gasteiger partial charge in [-0.1, -0.05) is 36.4 Å². The van der Waals surface area contributed by atoms with Crippen molar-refractivity contribution in [2.75, 3.05) is 13.2 Å². The van der Waals surface area contributed by atoms with Gasteiger partial charge in [-0.05, 0) is 48.9 Å². The summed E-state index contributed by atoms with van der Waals surface area (Å²) in [7, 11) is 0. The fraction of sp³-hybridized carbons (Fsp3) is 0.206. The van der Waals surface area contributed by atoms with E-state index >= 15 is 0 Å². The molecule has 0 fully saturated rings. The minimum absolute atomic E-state index is 0.0383. The van der Waals surface area contributed by atoms with Crippen LogP contribution in [0.15, 0.2) is 85.1 Å². The maximum Gasteiger partial charge on any atom is 0.407 e. The highest BCUT2D eigenvalue weighted by Gasteiger charge is 2.24. The second kappa shape index (κ2) is 14.6. The first-order valence-electron chi connectivity index (χ1n) is 14.3. The Labute approximate surface area is 261 Å². The lowest BCUT2D eigenvalue weighted by atomic mass is 10.0. The fourth-order valence-electron chi connectivity index (χ4n) is 4.76. The second-order valence-corrected chi connectivity index (χ2v) is 10.4. The Morgan fingerprint density at radius 3 is 2.35 bits per heavy atom. The number of benzene rings is 3. The van der Waals surface area contributed by atoms with Crippen molar-refractivity contribution in [3.8, 4) is 11.5 Å². The summed E-state index contributed by atoms with van der Waals surface area (Å²) in [5.74, 6) is -4.38. The number of fused-ring (bicyclic) bond motifs is 1. The van der Waals surface area contributed by atoms with Gasteiger partial charge in [0.15, 0.2) is 28.8 Å². The van der Waals surface area contributed by atoms with E-state index in [4.69, 9.17) is 14.2 Å². The van der Waals surface area contributed by atoms with E-state index in [0.717, 1.165) is 29.8 Å². The number of pyridine rings is 1. The first kappa shape index (κ1) is 32.0. The molecule has 1 unspecified atom stereocenters. The molecule has 0 aliphatic heterocycles. The Hall–Kier alpha value is -5.39. The molecule has 0 radical (unpaired) electrons. The van der Waals surface area contributed by atoms with E-state index in [1.807, 2.05) is 18.2 Å². The summed E-state index contributed by atoms with van der Waals surface area (Å²) in [6.07, 6.45) is 0.752. The van der Waals surface area contributed by atoms with Gasteiger partial charge in [-0.2, -0.15) is 0 Å². The van der Waals surface area contributed by atoms with Gasteiger partial charge in [0, 0.05) is 31.1 Å². The van der Waals surface area contributed by atoms with E-state index in [-0.39, 0.29) is 60.4 Å². The van der Waals surface area contributed by atoms with Gasteiger partial charge < -0.3 is 19.5 Å². The molecule has 5 aromatic rings. The van der Waals surface area contributed by atoms with Crippen molar-refractivity contribution in [2.45, 2.75) is 26.6 Å². The van der Waals surface area contributed by atoms with Crippen LogP contribution in [0.3, 0.4) is 0 Å². The number of ether oxygens (including phenoxy) is 3. The normalized spacial score (nSPS) is 11.7. The smallest absolute Gasteiger partial charge is 0.407 e. The first-order valence-corrected chi connectivity index (χ1v) is 14.3. The van der Waals surface area contributed by atoms with E-state index in [0.29, 0.717) is 5.69 Å². The molecular weight excluding hydrogens is 606 g/mol. The van der Waals surface area contributed by atoms with Crippen molar-refractivity contribution in [1.82, 2.24) is 14.7 Å². The van der Waals surface area contributed by atoms with E-state index in [9.17, 15) is 27.2 Å². The molecule has 238 valence electrons. The molecule has 3 aromatic carbocycles. The van der Waals surface area contributed by atoms with Gasteiger partial charge in [0.1, 0.15) is 36.3 Å². The van der Waals surface area contributed by atoms with Gasteiger partial charge in [-0.15, -0.1) is 0 Å². The van der Waals surface area contributed by atoms with Gasteiger partial charge in [0.2, 0.25) is 0 Å². The highest BCUT2D eigenvalue weighted by molar-refractivity contribution is 5.97. The van der Waals surface area contributed by atoms with Gasteiger partial charge in [0.05, 0.1) is 17.9 Å².